The number of methoxy groups -OCH3 is 1. The van der Waals surface area contributed by atoms with Crippen LogP contribution in [0.5, 0.6) is 5.75 Å². The number of benzene rings is 3. The summed E-state index contributed by atoms with van der Waals surface area (Å²) in [4.78, 5) is 28.4. The molecule has 0 saturated heterocycles. The van der Waals surface area contributed by atoms with E-state index in [-0.39, 0.29) is 17.9 Å². The second kappa shape index (κ2) is 10.6. The number of nitrogens with one attached hydrogen (secondary N) is 1. The molecule has 0 fully saturated rings. The summed E-state index contributed by atoms with van der Waals surface area (Å²) in [5.41, 5.74) is 0.883. The molecule has 0 aliphatic rings. The first-order valence-electron chi connectivity index (χ1n) is 10.7. The van der Waals surface area contributed by atoms with Crippen molar-refractivity contribution >= 4 is 17.5 Å². The molecular formula is C27H22F2N2O4. The number of rotatable bonds is 8. The third-order valence-electron chi connectivity index (χ3n) is 5.40. The highest BCUT2D eigenvalue weighted by molar-refractivity contribution is 6.00. The largest absolute Gasteiger partial charge is 0.496 e. The molecule has 8 heteroatoms. The Kier molecular flexibility index (Phi) is 7.21. The smallest absolute Gasteiger partial charge is 0.290 e. The molecule has 6 nitrogen and oxygen atoms in total. The molecule has 0 aliphatic heterocycles. The summed E-state index contributed by atoms with van der Waals surface area (Å²) in [5, 5.41) is 2.66. The van der Waals surface area contributed by atoms with Crippen LogP contribution in [-0.4, -0.2) is 23.8 Å². The highest BCUT2D eigenvalue weighted by Crippen LogP contribution is 2.31. The molecule has 1 aromatic heterocycles. The van der Waals surface area contributed by atoms with Crippen molar-refractivity contribution < 1.29 is 27.5 Å². The van der Waals surface area contributed by atoms with Crippen molar-refractivity contribution in [3.8, 4) is 5.75 Å². The second-order valence-electron chi connectivity index (χ2n) is 7.64. The van der Waals surface area contributed by atoms with Gasteiger partial charge in [-0.1, -0.05) is 36.4 Å². The first-order valence-corrected chi connectivity index (χ1v) is 10.7. The Hall–Kier alpha value is -4.46. The standard InChI is InChI=1S/C27H22F2N2O4/c1-34-23-10-5-2-7-18(23)17-31(27(33)24-11-6-16-35-24)25(21-8-3-4-9-22(21)29)26(32)30-20-14-12-19(28)13-15-20/h2-16,25H,17H2,1H3,(H,30,32)/t25-/m0/s1. The molecule has 1 atom stereocenters. The molecule has 178 valence electrons. The zero-order valence-electron chi connectivity index (χ0n) is 18.8. The zero-order valence-corrected chi connectivity index (χ0v) is 18.8. The maximum atomic E-state index is 15.0. The van der Waals surface area contributed by atoms with Crippen LogP contribution in [0.25, 0.3) is 0 Å². The third kappa shape index (κ3) is 5.38. The van der Waals surface area contributed by atoms with E-state index in [0.717, 1.165) is 0 Å². The fourth-order valence-electron chi connectivity index (χ4n) is 3.73. The van der Waals surface area contributed by atoms with E-state index in [0.29, 0.717) is 17.0 Å². The molecule has 1 heterocycles. The normalized spacial score (nSPS) is 11.5. The number of furan rings is 1. The number of anilines is 1. The van der Waals surface area contributed by atoms with Gasteiger partial charge in [-0.25, -0.2) is 8.78 Å². The van der Waals surface area contributed by atoms with Gasteiger partial charge in [0.25, 0.3) is 11.8 Å². The van der Waals surface area contributed by atoms with Crippen LogP contribution >= 0.6 is 0 Å². The molecule has 0 radical (unpaired) electrons. The van der Waals surface area contributed by atoms with Gasteiger partial charge in [0.15, 0.2) is 5.76 Å². The lowest BCUT2D eigenvalue weighted by molar-refractivity contribution is -0.121. The van der Waals surface area contributed by atoms with Gasteiger partial charge in [-0.2, -0.15) is 0 Å². The van der Waals surface area contributed by atoms with Gasteiger partial charge >= 0.3 is 0 Å². The van der Waals surface area contributed by atoms with Crippen molar-refractivity contribution in [2.24, 2.45) is 0 Å². The van der Waals surface area contributed by atoms with E-state index in [2.05, 4.69) is 5.32 Å². The van der Waals surface area contributed by atoms with Gasteiger partial charge in [-0.3, -0.25) is 9.59 Å². The van der Waals surface area contributed by atoms with Crippen molar-refractivity contribution in [3.63, 3.8) is 0 Å². The number of hydrogen-bond acceptors (Lipinski definition) is 4. The molecular weight excluding hydrogens is 454 g/mol. The summed E-state index contributed by atoms with van der Waals surface area (Å²) in [5.74, 6) is -1.96. The van der Waals surface area contributed by atoms with Crippen LogP contribution in [0.1, 0.15) is 27.7 Å². The number of hydrogen-bond donors (Lipinski definition) is 1. The van der Waals surface area contributed by atoms with Gasteiger partial charge in [0.2, 0.25) is 0 Å². The fraction of sp³-hybridized carbons (Fsp3) is 0.111. The van der Waals surface area contributed by atoms with E-state index in [4.69, 9.17) is 9.15 Å². The maximum Gasteiger partial charge on any atom is 0.290 e. The minimum absolute atomic E-state index is 0.0121. The first kappa shape index (κ1) is 23.7. The van der Waals surface area contributed by atoms with Crippen LogP contribution in [-0.2, 0) is 11.3 Å². The second-order valence-corrected chi connectivity index (χ2v) is 7.64. The Morgan fingerprint density at radius 2 is 1.66 bits per heavy atom. The highest BCUT2D eigenvalue weighted by Gasteiger charge is 2.35. The summed E-state index contributed by atoms with van der Waals surface area (Å²) < 4.78 is 39.1. The SMILES string of the molecule is COc1ccccc1CN(C(=O)c1ccco1)[C@H](C(=O)Nc1ccc(F)cc1)c1ccccc1F. The van der Waals surface area contributed by atoms with E-state index >= 15 is 4.39 Å². The summed E-state index contributed by atoms with van der Waals surface area (Å²) in [6, 6.07) is 19.5. The van der Waals surface area contributed by atoms with Crippen LogP contribution < -0.4 is 10.1 Å². The van der Waals surface area contributed by atoms with Crippen molar-refractivity contribution in [2.45, 2.75) is 12.6 Å². The molecule has 35 heavy (non-hydrogen) atoms. The van der Waals surface area contributed by atoms with Gasteiger partial charge in [0, 0.05) is 16.8 Å². The van der Waals surface area contributed by atoms with Crippen molar-refractivity contribution in [3.05, 3.63) is 120 Å². The number of carbonyl (C=O) groups is 2. The van der Waals surface area contributed by atoms with E-state index < -0.39 is 29.5 Å². The Balaban J connectivity index is 1.81. The molecule has 4 rings (SSSR count). The molecule has 0 spiro atoms. The summed E-state index contributed by atoms with van der Waals surface area (Å²) >= 11 is 0. The number of halogens is 2. The fourth-order valence-corrected chi connectivity index (χ4v) is 3.73. The molecule has 0 saturated carbocycles. The number of nitrogens with zero attached hydrogens (tertiary/aromatic N) is 1. The number of para-hydroxylation sites is 1. The molecule has 1 N–H and O–H groups in total. The summed E-state index contributed by atoms with van der Waals surface area (Å²) in [7, 11) is 1.49. The minimum Gasteiger partial charge on any atom is -0.496 e. The van der Waals surface area contributed by atoms with Gasteiger partial charge < -0.3 is 19.4 Å². The molecule has 3 aromatic carbocycles. The first-order chi connectivity index (χ1) is 17.0. The Morgan fingerprint density at radius 3 is 2.34 bits per heavy atom. The number of ether oxygens (including phenoxy) is 1. The average Bonchev–Trinajstić information content (AvgIpc) is 3.41. The Labute approximate surface area is 200 Å². The molecule has 0 bridgehead atoms. The number of amides is 2. The van der Waals surface area contributed by atoms with Crippen LogP contribution in [0.2, 0.25) is 0 Å². The zero-order chi connectivity index (χ0) is 24.8. The van der Waals surface area contributed by atoms with Gasteiger partial charge in [-0.15, -0.1) is 0 Å². The van der Waals surface area contributed by atoms with Crippen LogP contribution in [0.15, 0.2) is 95.6 Å². The van der Waals surface area contributed by atoms with Gasteiger partial charge in [0.1, 0.15) is 23.4 Å². The van der Waals surface area contributed by atoms with Crippen LogP contribution in [0, 0.1) is 11.6 Å². The van der Waals surface area contributed by atoms with Crippen LogP contribution in [0.4, 0.5) is 14.5 Å². The van der Waals surface area contributed by atoms with Crippen molar-refractivity contribution in [1.29, 1.82) is 0 Å². The lowest BCUT2D eigenvalue weighted by Gasteiger charge is -2.31. The van der Waals surface area contributed by atoms with E-state index in [1.54, 1.807) is 36.4 Å². The Bertz CT molecular complexity index is 1310. The average molecular weight is 476 g/mol. The van der Waals surface area contributed by atoms with E-state index in [9.17, 15) is 14.0 Å². The topological polar surface area (TPSA) is 71.8 Å². The maximum absolute atomic E-state index is 15.0. The molecule has 2 amide bonds. The minimum atomic E-state index is -1.39. The lowest BCUT2D eigenvalue weighted by atomic mass is 10.0. The molecule has 0 aliphatic carbocycles. The number of carbonyl (C=O) groups excluding carboxylic acids is 2. The molecule has 4 aromatic rings. The third-order valence-corrected chi connectivity index (χ3v) is 5.40. The van der Waals surface area contributed by atoms with Gasteiger partial charge in [0.05, 0.1) is 19.9 Å². The molecule has 0 unspecified atom stereocenters. The monoisotopic (exact) mass is 476 g/mol. The predicted octanol–water partition coefficient (Wildman–Crippen LogP) is 5.59. The van der Waals surface area contributed by atoms with Crippen LogP contribution in [0.3, 0.4) is 0 Å². The summed E-state index contributed by atoms with van der Waals surface area (Å²) in [6.07, 6.45) is 1.34. The van der Waals surface area contributed by atoms with E-state index in [1.807, 2.05) is 0 Å². The summed E-state index contributed by atoms with van der Waals surface area (Å²) in [6.45, 7) is -0.0839. The lowest BCUT2D eigenvalue weighted by Crippen LogP contribution is -2.41. The van der Waals surface area contributed by atoms with Crippen molar-refractivity contribution in [1.82, 2.24) is 4.90 Å². The van der Waals surface area contributed by atoms with Crippen molar-refractivity contribution in [2.75, 3.05) is 12.4 Å². The highest BCUT2D eigenvalue weighted by atomic mass is 19.1. The quantitative estimate of drug-likeness (QED) is 0.360. The predicted molar refractivity (Wildman–Crippen MR) is 126 cm³/mol. The Morgan fingerprint density at radius 1 is 0.943 bits per heavy atom. The van der Waals surface area contributed by atoms with Gasteiger partial charge in [-0.05, 0) is 48.5 Å². The van der Waals surface area contributed by atoms with E-state index in [1.165, 1.54) is 66.8 Å².